The molecule has 0 aliphatic carbocycles. The smallest absolute Gasteiger partial charge is 0.0499 e. The SMILES string of the molecule is COCC(C)CNCc1cncc2ccccc12. The van der Waals surface area contributed by atoms with Crippen molar-refractivity contribution in [2.24, 2.45) is 5.92 Å². The second kappa shape index (κ2) is 6.47. The molecule has 0 bridgehead atoms. The Balaban J connectivity index is 1.99. The highest BCUT2D eigenvalue weighted by Gasteiger charge is 2.03. The number of rotatable bonds is 6. The van der Waals surface area contributed by atoms with E-state index < -0.39 is 0 Å². The molecule has 1 unspecified atom stereocenters. The van der Waals surface area contributed by atoms with Crippen LogP contribution in [-0.4, -0.2) is 25.2 Å². The lowest BCUT2D eigenvalue weighted by molar-refractivity contribution is 0.158. The molecule has 96 valence electrons. The second-order valence-electron chi connectivity index (χ2n) is 4.71. The van der Waals surface area contributed by atoms with Crippen LogP contribution in [0.4, 0.5) is 0 Å². The van der Waals surface area contributed by atoms with Crippen molar-refractivity contribution in [3.63, 3.8) is 0 Å². The van der Waals surface area contributed by atoms with Crippen molar-refractivity contribution in [3.05, 3.63) is 42.2 Å². The minimum Gasteiger partial charge on any atom is -0.384 e. The van der Waals surface area contributed by atoms with Crippen LogP contribution in [0.15, 0.2) is 36.7 Å². The molecule has 0 spiro atoms. The number of fused-ring (bicyclic) bond motifs is 1. The van der Waals surface area contributed by atoms with Gasteiger partial charge in [0.1, 0.15) is 0 Å². The zero-order chi connectivity index (χ0) is 12.8. The van der Waals surface area contributed by atoms with Crippen LogP contribution >= 0.6 is 0 Å². The van der Waals surface area contributed by atoms with Crippen LogP contribution in [0.3, 0.4) is 0 Å². The van der Waals surface area contributed by atoms with Gasteiger partial charge in [-0.1, -0.05) is 31.2 Å². The van der Waals surface area contributed by atoms with E-state index >= 15 is 0 Å². The van der Waals surface area contributed by atoms with Crippen LogP contribution < -0.4 is 5.32 Å². The molecule has 2 aromatic rings. The molecule has 0 amide bonds. The molecule has 0 saturated heterocycles. The Morgan fingerprint density at radius 1 is 1.28 bits per heavy atom. The Morgan fingerprint density at radius 3 is 2.94 bits per heavy atom. The summed E-state index contributed by atoms with van der Waals surface area (Å²) in [6.07, 6.45) is 3.85. The summed E-state index contributed by atoms with van der Waals surface area (Å²) in [6, 6.07) is 8.35. The molecule has 0 saturated carbocycles. The fourth-order valence-corrected chi connectivity index (χ4v) is 2.12. The van der Waals surface area contributed by atoms with E-state index in [0.29, 0.717) is 5.92 Å². The summed E-state index contributed by atoms with van der Waals surface area (Å²) in [5, 5.41) is 5.93. The van der Waals surface area contributed by atoms with E-state index in [1.165, 1.54) is 16.3 Å². The number of methoxy groups -OCH3 is 1. The molecule has 0 aliphatic rings. The van der Waals surface area contributed by atoms with Crippen molar-refractivity contribution >= 4 is 10.8 Å². The Labute approximate surface area is 108 Å². The van der Waals surface area contributed by atoms with E-state index in [2.05, 4.69) is 35.4 Å². The first-order chi connectivity index (χ1) is 8.81. The van der Waals surface area contributed by atoms with E-state index in [1.807, 2.05) is 18.5 Å². The summed E-state index contributed by atoms with van der Waals surface area (Å²) in [4.78, 5) is 4.28. The maximum Gasteiger partial charge on any atom is 0.0499 e. The third-order valence-electron chi connectivity index (χ3n) is 3.01. The standard InChI is InChI=1S/C15H20N2O/c1-12(11-18-2)7-16-9-14-10-17-8-13-5-3-4-6-15(13)14/h3-6,8,10,12,16H,7,9,11H2,1-2H3. The Bertz CT molecular complexity index is 493. The minimum absolute atomic E-state index is 0.526. The van der Waals surface area contributed by atoms with E-state index in [0.717, 1.165) is 19.7 Å². The molecule has 3 nitrogen and oxygen atoms in total. The first-order valence-electron chi connectivity index (χ1n) is 6.32. The van der Waals surface area contributed by atoms with Gasteiger partial charge in [0.05, 0.1) is 0 Å². The number of ether oxygens (including phenoxy) is 1. The van der Waals surface area contributed by atoms with Gasteiger partial charge in [-0.25, -0.2) is 0 Å². The van der Waals surface area contributed by atoms with Crippen LogP contribution in [0.25, 0.3) is 10.8 Å². The Hall–Kier alpha value is -1.45. The number of aromatic nitrogens is 1. The largest absolute Gasteiger partial charge is 0.384 e. The van der Waals surface area contributed by atoms with Gasteiger partial charge < -0.3 is 10.1 Å². The van der Waals surface area contributed by atoms with Gasteiger partial charge in [0, 0.05) is 44.6 Å². The average molecular weight is 244 g/mol. The summed E-state index contributed by atoms with van der Waals surface area (Å²) < 4.78 is 5.12. The number of benzene rings is 1. The van der Waals surface area contributed by atoms with Crippen molar-refractivity contribution in [1.82, 2.24) is 10.3 Å². The van der Waals surface area contributed by atoms with Crippen molar-refractivity contribution in [2.45, 2.75) is 13.5 Å². The van der Waals surface area contributed by atoms with Gasteiger partial charge >= 0.3 is 0 Å². The van der Waals surface area contributed by atoms with Crippen LogP contribution in [0, 0.1) is 5.92 Å². The average Bonchev–Trinajstić information content (AvgIpc) is 2.39. The Morgan fingerprint density at radius 2 is 2.11 bits per heavy atom. The molecule has 0 fully saturated rings. The lowest BCUT2D eigenvalue weighted by Crippen LogP contribution is -2.23. The van der Waals surface area contributed by atoms with E-state index in [-0.39, 0.29) is 0 Å². The van der Waals surface area contributed by atoms with Gasteiger partial charge in [0.2, 0.25) is 0 Å². The molecule has 1 N–H and O–H groups in total. The van der Waals surface area contributed by atoms with Crippen molar-refractivity contribution in [1.29, 1.82) is 0 Å². The molecule has 1 aromatic carbocycles. The topological polar surface area (TPSA) is 34.1 Å². The second-order valence-corrected chi connectivity index (χ2v) is 4.71. The van der Waals surface area contributed by atoms with Crippen molar-refractivity contribution < 1.29 is 4.74 Å². The monoisotopic (exact) mass is 244 g/mol. The molecule has 18 heavy (non-hydrogen) atoms. The number of nitrogens with zero attached hydrogens (tertiary/aromatic N) is 1. The fourth-order valence-electron chi connectivity index (χ4n) is 2.12. The highest BCUT2D eigenvalue weighted by Crippen LogP contribution is 2.16. The van der Waals surface area contributed by atoms with Gasteiger partial charge in [-0.2, -0.15) is 0 Å². The van der Waals surface area contributed by atoms with Crippen LogP contribution in [0.2, 0.25) is 0 Å². The highest BCUT2D eigenvalue weighted by molar-refractivity contribution is 5.84. The molecular weight excluding hydrogens is 224 g/mol. The molecule has 2 rings (SSSR count). The van der Waals surface area contributed by atoms with Crippen molar-refractivity contribution in [3.8, 4) is 0 Å². The van der Waals surface area contributed by atoms with E-state index in [9.17, 15) is 0 Å². The van der Waals surface area contributed by atoms with Crippen molar-refractivity contribution in [2.75, 3.05) is 20.3 Å². The summed E-state index contributed by atoms with van der Waals surface area (Å²) in [5.74, 6) is 0.526. The maximum absolute atomic E-state index is 5.12. The predicted molar refractivity (Wildman–Crippen MR) is 74.5 cm³/mol. The molecule has 0 radical (unpaired) electrons. The maximum atomic E-state index is 5.12. The van der Waals surface area contributed by atoms with Gasteiger partial charge in [-0.15, -0.1) is 0 Å². The normalized spacial score (nSPS) is 12.8. The number of hydrogen-bond donors (Lipinski definition) is 1. The summed E-state index contributed by atoms with van der Waals surface area (Å²) in [7, 11) is 1.74. The van der Waals surface area contributed by atoms with Gasteiger partial charge in [0.15, 0.2) is 0 Å². The summed E-state index contributed by atoms with van der Waals surface area (Å²) in [5.41, 5.74) is 1.25. The Kier molecular flexibility index (Phi) is 4.67. The molecule has 1 heterocycles. The molecule has 1 atom stereocenters. The third-order valence-corrected chi connectivity index (χ3v) is 3.01. The summed E-state index contributed by atoms with van der Waals surface area (Å²) in [6.45, 7) is 4.78. The zero-order valence-electron chi connectivity index (χ0n) is 11.0. The lowest BCUT2D eigenvalue weighted by Gasteiger charge is -2.12. The lowest BCUT2D eigenvalue weighted by atomic mass is 10.1. The van der Waals surface area contributed by atoms with Crippen LogP contribution in [0.5, 0.6) is 0 Å². The van der Waals surface area contributed by atoms with E-state index in [4.69, 9.17) is 4.74 Å². The van der Waals surface area contributed by atoms with Gasteiger partial charge in [0.25, 0.3) is 0 Å². The third kappa shape index (κ3) is 3.28. The minimum atomic E-state index is 0.526. The molecule has 1 aromatic heterocycles. The van der Waals surface area contributed by atoms with E-state index in [1.54, 1.807) is 7.11 Å². The zero-order valence-corrected chi connectivity index (χ0v) is 11.0. The summed E-state index contributed by atoms with van der Waals surface area (Å²) >= 11 is 0. The quantitative estimate of drug-likeness (QED) is 0.848. The number of nitrogens with one attached hydrogen (secondary N) is 1. The number of pyridine rings is 1. The molecule has 3 heteroatoms. The molecule has 0 aliphatic heterocycles. The van der Waals surface area contributed by atoms with Gasteiger partial charge in [-0.3, -0.25) is 4.98 Å². The highest BCUT2D eigenvalue weighted by atomic mass is 16.5. The van der Waals surface area contributed by atoms with Gasteiger partial charge in [-0.05, 0) is 16.9 Å². The number of hydrogen-bond acceptors (Lipinski definition) is 3. The van der Waals surface area contributed by atoms with Crippen LogP contribution in [-0.2, 0) is 11.3 Å². The fraction of sp³-hybridized carbons (Fsp3) is 0.400. The molecular formula is C15H20N2O. The first-order valence-corrected chi connectivity index (χ1v) is 6.32. The first kappa shape index (κ1) is 13.0. The predicted octanol–water partition coefficient (Wildman–Crippen LogP) is 2.61. The van der Waals surface area contributed by atoms with Crippen LogP contribution in [0.1, 0.15) is 12.5 Å².